The summed E-state index contributed by atoms with van der Waals surface area (Å²) >= 11 is 1.25. The molecule has 1 amide bonds. The summed E-state index contributed by atoms with van der Waals surface area (Å²) in [5, 5.41) is 2.93. The van der Waals surface area contributed by atoms with Gasteiger partial charge in [-0.25, -0.2) is 4.98 Å². The number of anilines is 1. The van der Waals surface area contributed by atoms with Crippen LogP contribution in [0.3, 0.4) is 0 Å². The maximum Gasteiger partial charge on any atom is 0.254 e. The molecule has 126 valence electrons. The zero-order chi connectivity index (χ0) is 17.1. The molecule has 0 saturated heterocycles. The molecular weight excluding hydrogens is 326 g/mol. The van der Waals surface area contributed by atoms with Gasteiger partial charge in [-0.1, -0.05) is 23.9 Å². The normalized spacial score (nSPS) is 14.1. The minimum absolute atomic E-state index is 0.0858. The van der Waals surface area contributed by atoms with Gasteiger partial charge in [0.25, 0.3) is 5.56 Å². The molecular formula is C17H19N3O3S. The van der Waals surface area contributed by atoms with Gasteiger partial charge < -0.3 is 15.0 Å². The van der Waals surface area contributed by atoms with E-state index in [-0.39, 0.29) is 11.5 Å². The molecule has 1 heterocycles. The molecule has 6 nitrogen and oxygen atoms in total. The third kappa shape index (κ3) is 3.46. The van der Waals surface area contributed by atoms with Crippen LogP contribution in [0.25, 0.3) is 0 Å². The minimum Gasteiger partial charge on any atom is -0.495 e. The molecule has 3 rings (SSSR count). The number of carbonyl (C=O) groups is 1. The molecule has 0 saturated carbocycles. The molecule has 0 spiro atoms. The Hall–Kier alpha value is -2.28. The summed E-state index contributed by atoms with van der Waals surface area (Å²) in [6.45, 7) is 1.78. The molecule has 0 unspecified atom stereocenters. The number of hydrogen-bond acceptors (Lipinski definition) is 5. The molecule has 2 aromatic rings. The first-order chi connectivity index (χ1) is 11.6. The van der Waals surface area contributed by atoms with Gasteiger partial charge in [0.15, 0.2) is 5.16 Å². The highest BCUT2D eigenvalue weighted by atomic mass is 32.2. The number of thioether (sulfide) groups is 1. The Morgan fingerprint density at radius 3 is 2.96 bits per heavy atom. The quantitative estimate of drug-likeness (QED) is 0.642. The molecule has 0 aliphatic heterocycles. The fourth-order valence-corrected chi connectivity index (χ4v) is 3.49. The summed E-state index contributed by atoms with van der Waals surface area (Å²) in [4.78, 5) is 31.7. The van der Waals surface area contributed by atoms with Crippen LogP contribution >= 0.6 is 11.8 Å². The highest BCUT2D eigenvalue weighted by molar-refractivity contribution is 8.00. The van der Waals surface area contributed by atoms with E-state index in [1.54, 1.807) is 26.2 Å². The molecule has 24 heavy (non-hydrogen) atoms. The number of aromatic nitrogens is 2. The summed E-state index contributed by atoms with van der Waals surface area (Å²) in [7, 11) is 1.56. The highest BCUT2D eigenvalue weighted by Gasteiger charge is 2.21. The number of nitrogens with one attached hydrogen (secondary N) is 2. The molecule has 1 aliphatic rings. The topological polar surface area (TPSA) is 84.1 Å². The molecule has 0 fully saturated rings. The minimum atomic E-state index is -0.405. The van der Waals surface area contributed by atoms with E-state index in [9.17, 15) is 9.59 Å². The number of H-pyrrole nitrogens is 1. The number of methoxy groups -OCH3 is 1. The lowest BCUT2D eigenvalue weighted by Gasteiger charge is -2.14. The van der Waals surface area contributed by atoms with E-state index < -0.39 is 5.25 Å². The van der Waals surface area contributed by atoms with Crippen molar-refractivity contribution in [2.24, 2.45) is 0 Å². The number of nitrogens with zero attached hydrogens (tertiary/aromatic N) is 1. The maximum absolute atomic E-state index is 12.4. The Morgan fingerprint density at radius 1 is 1.38 bits per heavy atom. The lowest BCUT2D eigenvalue weighted by atomic mass is 10.3. The third-order valence-electron chi connectivity index (χ3n) is 3.94. The lowest BCUT2D eigenvalue weighted by molar-refractivity contribution is -0.115. The average Bonchev–Trinajstić information content (AvgIpc) is 3.04. The first-order valence-corrected chi connectivity index (χ1v) is 8.69. The van der Waals surface area contributed by atoms with E-state index in [4.69, 9.17) is 4.74 Å². The van der Waals surface area contributed by atoms with Crippen molar-refractivity contribution in [2.45, 2.75) is 36.6 Å². The van der Waals surface area contributed by atoms with Crippen LogP contribution in [0.2, 0.25) is 0 Å². The monoisotopic (exact) mass is 345 g/mol. The molecule has 1 aromatic carbocycles. The number of aryl methyl sites for hydroxylation is 1. The van der Waals surface area contributed by atoms with Crippen molar-refractivity contribution in [3.8, 4) is 5.75 Å². The second-order valence-electron chi connectivity index (χ2n) is 5.60. The molecule has 1 aromatic heterocycles. The SMILES string of the molecule is COc1ccccc1NC(=O)[C@@H](C)Sc1nc2c(c(=O)[nH]1)CCC2. The Kier molecular flexibility index (Phi) is 4.89. The first-order valence-electron chi connectivity index (χ1n) is 7.81. The Labute approximate surface area is 144 Å². The van der Waals surface area contributed by atoms with Gasteiger partial charge in [-0.2, -0.15) is 0 Å². The van der Waals surface area contributed by atoms with Crippen molar-refractivity contribution in [1.29, 1.82) is 0 Å². The van der Waals surface area contributed by atoms with Gasteiger partial charge >= 0.3 is 0 Å². The van der Waals surface area contributed by atoms with Crippen LogP contribution in [0.5, 0.6) is 5.75 Å². The summed E-state index contributed by atoms with van der Waals surface area (Å²) < 4.78 is 5.23. The molecule has 0 radical (unpaired) electrons. The van der Waals surface area contributed by atoms with Crippen molar-refractivity contribution in [2.75, 3.05) is 12.4 Å². The number of benzene rings is 1. The first kappa shape index (κ1) is 16.6. The van der Waals surface area contributed by atoms with Crippen molar-refractivity contribution >= 4 is 23.4 Å². The summed E-state index contributed by atoms with van der Waals surface area (Å²) in [6.07, 6.45) is 2.57. The summed E-state index contributed by atoms with van der Waals surface area (Å²) in [5.41, 5.74) is 2.18. The predicted molar refractivity (Wildman–Crippen MR) is 93.8 cm³/mol. The van der Waals surface area contributed by atoms with E-state index in [0.29, 0.717) is 16.6 Å². The largest absolute Gasteiger partial charge is 0.495 e. The molecule has 2 N–H and O–H groups in total. The number of carbonyl (C=O) groups excluding carboxylic acids is 1. The fraction of sp³-hybridized carbons (Fsp3) is 0.353. The van der Waals surface area contributed by atoms with Crippen LogP contribution in [-0.4, -0.2) is 28.2 Å². The molecule has 1 atom stereocenters. The van der Waals surface area contributed by atoms with E-state index in [1.807, 2.05) is 12.1 Å². The molecule has 0 bridgehead atoms. The van der Waals surface area contributed by atoms with E-state index in [1.165, 1.54) is 11.8 Å². The summed E-state index contributed by atoms with van der Waals surface area (Å²) in [5.74, 6) is 0.430. The van der Waals surface area contributed by atoms with Crippen LogP contribution in [0.1, 0.15) is 24.6 Å². The Morgan fingerprint density at radius 2 is 2.17 bits per heavy atom. The average molecular weight is 345 g/mol. The molecule has 1 aliphatic carbocycles. The second-order valence-corrected chi connectivity index (χ2v) is 6.93. The highest BCUT2D eigenvalue weighted by Crippen LogP contribution is 2.26. The lowest BCUT2D eigenvalue weighted by Crippen LogP contribution is -2.24. The Bertz CT molecular complexity index is 819. The number of hydrogen-bond donors (Lipinski definition) is 2. The number of amides is 1. The van der Waals surface area contributed by atoms with Crippen LogP contribution < -0.4 is 15.6 Å². The van der Waals surface area contributed by atoms with Gasteiger partial charge in [0.1, 0.15) is 5.75 Å². The van der Waals surface area contributed by atoms with Crippen molar-refractivity contribution in [3.63, 3.8) is 0 Å². The van der Waals surface area contributed by atoms with Crippen molar-refractivity contribution in [3.05, 3.63) is 45.9 Å². The van der Waals surface area contributed by atoms with E-state index >= 15 is 0 Å². The van der Waals surface area contributed by atoms with Gasteiger partial charge in [0, 0.05) is 5.56 Å². The van der Waals surface area contributed by atoms with Gasteiger partial charge in [-0.3, -0.25) is 9.59 Å². The standard InChI is InChI=1S/C17H19N3O3S/c1-10(15(21)18-13-7-3-4-9-14(13)23-2)24-17-19-12-8-5-6-11(12)16(22)20-17/h3-4,7,9-10H,5-6,8H2,1-2H3,(H,18,21)(H,19,20,22)/t10-/m1/s1. The fourth-order valence-electron chi connectivity index (χ4n) is 2.68. The van der Waals surface area contributed by atoms with Crippen LogP contribution in [0, 0.1) is 0 Å². The Balaban J connectivity index is 1.71. The predicted octanol–water partition coefficient (Wildman–Crippen LogP) is 2.39. The maximum atomic E-state index is 12.4. The van der Waals surface area contributed by atoms with E-state index in [0.717, 1.165) is 30.5 Å². The number of aromatic amines is 1. The van der Waals surface area contributed by atoms with Crippen molar-refractivity contribution < 1.29 is 9.53 Å². The second kappa shape index (κ2) is 7.09. The number of para-hydroxylation sites is 2. The van der Waals surface area contributed by atoms with Gasteiger partial charge in [0.05, 0.1) is 23.7 Å². The summed E-state index contributed by atoms with van der Waals surface area (Å²) in [6, 6.07) is 7.23. The number of rotatable bonds is 5. The smallest absolute Gasteiger partial charge is 0.254 e. The van der Waals surface area contributed by atoms with Gasteiger partial charge in [-0.05, 0) is 38.3 Å². The van der Waals surface area contributed by atoms with Crippen LogP contribution in [0.4, 0.5) is 5.69 Å². The van der Waals surface area contributed by atoms with Crippen molar-refractivity contribution in [1.82, 2.24) is 9.97 Å². The zero-order valence-electron chi connectivity index (χ0n) is 13.6. The zero-order valence-corrected chi connectivity index (χ0v) is 14.4. The van der Waals surface area contributed by atoms with Crippen LogP contribution in [0.15, 0.2) is 34.2 Å². The van der Waals surface area contributed by atoms with Gasteiger partial charge in [0.2, 0.25) is 5.91 Å². The van der Waals surface area contributed by atoms with Crippen LogP contribution in [-0.2, 0) is 17.6 Å². The number of ether oxygens (including phenoxy) is 1. The van der Waals surface area contributed by atoms with E-state index in [2.05, 4.69) is 15.3 Å². The number of fused-ring (bicyclic) bond motifs is 1. The van der Waals surface area contributed by atoms with Gasteiger partial charge in [-0.15, -0.1) is 0 Å². The third-order valence-corrected chi connectivity index (χ3v) is 4.93. The molecule has 7 heteroatoms.